The molecule has 0 spiro atoms. The Morgan fingerprint density at radius 3 is 2.24 bits per heavy atom. The molecule has 4 aromatic rings. The number of hydrogen-bond acceptors (Lipinski definition) is 4. The Bertz CT molecular complexity index is 1560. The summed E-state index contributed by atoms with van der Waals surface area (Å²) in [6.07, 6.45) is 3.16. The van der Waals surface area contributed by atoms with Gasteiger partial charge in [0.25, 0.3) is 5.91 Å². The highest BCUT2D eigenvalue weighted by Gasteiger charge is 2.41. The van der Waals surface area contributed by atoms with E-state index in [-0.39, 0.29) is 17.6 Å². The summed E-state index contributed by atoms with van der Waals surface area (Å²) in [6, 6.07) is 34.6. The van der Waals surface area contributed by atoms with E-state index >= 15 is 0 Å². The molecule has 1 aliphatic carbocycles. The highest BCUT2D eigenvalue weighted by molar-refractivity contribution is 6.12. The summed E-state index contributed by atoms with van der Waals surface area (Å²) in [5.41, 5.74) is 5.70. The van der Waals surface area contributed by atoms with Crippen LogP contribution in [0.4, 0.5) is 11.4 Å². The summed E-state index contributed by atoms with van der Waals surface area (Å²) in [7, 11) is 0. The van der Waals surface area contributed by atoms with Gasteiger partial charge in [0.05, 0.1) is 24.0 Å². The van der Waals surface area contributed by atoms with E-state index in [1.165, 1.54) is 0 Å². The molecule has 0 bridgehead atoms. The molecule has 1 heterocycles. The third-order valence-electron chi connectivity index (χ3n) is 7.96. The number of carbonyl (C=O) groups excluding carboxylic acids is 2. The lowest BCUT2D eigenvalue weighted by Crippen LogP contribution is -2.38. The van der Waals surface area contributed by atoms with Crippen LogP contribution >= 0.6 is 0 Å². The molecule has 4 aromatic carbocycles. The molecule has 1 N–H and O–H groups in total. The fraction of sp³-hybridized carbons (Fsp3) is 0.222. The Morgan fingerprint density at radius 2 is 1.51 bits per heavy atom. The van der Waals surface area contributed by atoms with Crippen molar-refractivity contribution in [2.45, 2.75) is 44.6 Å². The van der Waals surface area contributed by atoms with Crippen LogP contribution in [0.3, 0.4) is 0 Å². The highest BCUT2D eigenvalue weighted by Crippen LogP contribution is 2.47. The number of benzene rings is 4. The van der Waals surface area contributed by atoms with Crippen molar-refractivity contribution in [2.75, 3.05) is 16.8 Å². The van der Waals surface area contributed by atoms with Crippen LogP contribution in [0.5, 0.6) is 5.75 Å². The number of carbonyl (C=O) groups is 2. The van der Waals surface area contributed by atoms with Gasteiger partial charge in [0.2, 0.25) is 0 Å². The minimum absolute atomic E-state index is 0.0263. The molecule has 0 fully saturated rings. The number of amides is 1. The summed E-state index contributed by atoms with van der Waals surface area (Å²) >= 11 is 0. The molecule has 2 aliphatic rings. The van der Waals surface area contributed by atoms with E-state index in [1.54, 1.807) is 4.90 Å². The Morgan fingerprint density at radius 1 is 0.829 bits per heavy atom. The SMILES string of the molecule is CCCCOc1ccc([C@H]2CC(=O)C3=C(C2)Nc2ccccc2N(C(=O)c2ccccc2)[C@H]3c2ccccc2)cc1. The Labute approximate surface area is 241 Å². The first-order valence-electron chi connectivity index (χ1n) is 14.4. The number of anilines is 2. The van der Waals surface area contributed by atoms with Crippen LogP contribution in [0.2, 0.25) is 0 Å². The van der Waals surface area contributed by atoms with Gasteiger partial charge in [-0.3, -0.25) is 14.5 Å². The molecule has 2 atom stereocenters. The number of hydrogen-bond donors (Lipinski definition) is 1. The van der Waals surface area contributed by atoms with Crippen LogP contribution in [-0.4, -0.2) is 18.3 Å². The molecule has 1 amide bonds. The molecule has 41 heavy (non-hydrogen) atoms. The number of rotatable bonds is 7. The van der Waals surface area contributed by atoms with Crippen LogP contribution in [0, 0.1) is 0 Å². The lowest BCUT2D eigenvalue weighted by Gasteiger charge is -2.35. The van der Waals surface area contributed by atoms with Gasteiger partial charge in [-0.05, 0) is 66.3 Å². The lowest BCUT2D eigenvalue weighted by atomic mass is 9.78. The third-order valence-corrected chi connectivity index (χ3v) is 7.96. The molecule has 6 rings (SSSR count). The van der Waals surface area contributed by atoms with Gasteiger partial charge in [-0.1, -0.05) is 86.1 Å². The number of Topliss-reactive ketones (excluding diaryl/α,β-unsaturated/α-hetero) is 1. The minimum Gasteiger partial charge on any atom is -0.494 e. The summed E-state index contributed by atoms with van der Waals surface area (Å²) in [5, 5.41) is 3.61. The number of ketones is 1. The van der Waals surface area contributed by atoms with Gasteiger partial charge in [0.15, 0.2) is 5.78 Å². The van der Waals surface area contributed by atoms with Crippen LogP contribution in [0.15, 0.2) is 120 Å². The fourth-order valence-electron chi connectivity index (χ4n) is 5.89. The number of allylic oxidation sites excluding steroid dienone is 1. The zero-order valence-corrected chi connectivity index (χ0v) is 23.3. The number of fused-ring (bicyclic) bond motifs is 1. The second-order valence-electron chi connectivity index (χ2n) is 10.7. The van der Waals surface area contributed by atoms with Gasteiger partial charge >= 0.3 is 0 Å². The molecular weight excluding hydrogens is 508 g/mol. The number of ether oxygens (including phenoxy) is 1. The smallest absolute Gasteiger partial charge is 0.259 e. The molecule has 5 nitrogen and oxygen atoms in total. The van der Waals surface area contributed by atoms with E-state index in [4.69, 9.17) is 4.74 Å². The van der Waals surface area contributed by atoms with Crippen LogP contribution in [-0.2, 0) is 4.79 Å². The average Bonchev–Trinajstić information content (AvgIpc) is 3.17. The van der Waals surface area contributed by atoms with E-state index in [1.807, 2.05) is 97.1 Å². The van der Waals surface area contributed by atoms with Crippen molar-refractivity contribution < 1.29 is 14.3 Å². The minimum atomic E-state index is -0.558. The monoisotopic (exact) mass is 542 g/mol. The van der Waals surface area contributed by atoms with Crippen molar-refractivity contribution in [2.24, 2.45) is 0 Å². The van der Waals surface area contributed by atoms with Gasteiger partial charge in [-0.2, -0.15) is 0 Å². The topological polar surface area (TPSA) is 58.6 Å². The summed E-state index contributed by atoms with van der Waals surface area (Å²) in [5.74, 6) is 0.791. The zero-order chi connectivity index (χ0) is 28.2. The molecule has 0 aromatic heterocycles. The highest BCUT2D eigenvalue weighted by atomic mass is 16.5. The van der Waals surface area contributed by atoms with Gasteiger partial charge in [-0.25, -0.2) is 0 Å². The first-order valence-corrected chi connectivity index (χ1v) is 14.4. The Hall–Kier alpha value is -4.64. The van der Waals surface area contributed by atoms with Crippen LogP contribution in [0.25, 0.3) is 0 Å². The second-order valence-corrected chi connectivity index (χ2v) is 10.7. The largest absolute Gasteiger partial charge is 0.494 e. The molecule has 5 heteroatoms. The van der Waals surface area contributed by atoms with Crippen LogP contribution < -0.4 is 15.0 Å². The van der Waals surface area contributed by atoms with Crippen molar-refractivity contribution in [1.82, 2.24) is 0 Å². The van der Waals surface area contributed by atoms with Crippen molar-refractivity contribution in [1.29, 1.82) is 0 Å². The maximum atomic E-state index is 14.2. The predicted octanol–water partition coefficient (Wildman–Crippen LogP) is 8.08. The Balaban J connectivity index is 1.43. The van der Waals surface area contributed by atoms with Crippen molar-refractivity contribution >= 4 is 23.1 Å². The zero-order valence-electron chi connectivity index (χ0n) is 23.3. The van der Waals surface area contributed by atoms with E-state index in [0.717, 1.165) is 46.8 Å². The van der Waals surface area contributed by atoms with E-state index in [2.05, 4.69) is 24.4 Å². The number of nitrogens with one attached hydrogen (secondary N) is 1. The maximum absolute atomic E-state index is 14.2. The summed E-state index contributed by atoms with van der Waals surface area (Å²) < 4.78 is 5.86. The van der Waals surface area contributed by atoms with Crippen molar-refractivity contribution in [3.63, 3.8) is 0 Å². The summed E-state index contributed by atoms with van der Waals surface area (Å²) in [6.45, 7) is 2.85. The van der Waals surface area contributed by atoms with E-state index in [0.29, 0.717) is 30.6 Å². The predicted molar refractivity (Wildman–Crippen MR) is 163 cm³/mol. The molecule has 0 saturated carbocycles. The molecule has 1 aliphatic heterocycles. The van der Waals surface area contributed by atoms with E-state index in [9.17, 15) is 9.59 Å². The average molecular weight is 543 g/mol. The summed E-state index contributed by atoms with van der Waals surface area (Å²) in [4.78, 5) is 30.2. The first kappa shape index (κ1) is 26.6. The van der Waals surface area contributed by atoms with E-state index < -0.39 is 6.04 Å². The second kappa shape index (κ2) is 11.8. The molecule has 0 saturated heterocycles. The number of unbranched alkanes of at least 4 members (excludes halogenated alkanes) is 1. The van der Waals surface area contributed by atoms with Gasteiger partial charge in [0, 0.05) is 23.3 Å². The third kappa shape index (κ3) is 5.40. The molecule has 0 unspecified atom stereocenters. The number of nitrogens with zero attached hydrogens (tertiary/aromatic N) is 1. The fourth-order valence-corrected chi connectivity index (χ4v) is 5.89. The van der Waals surface area contributed by atoms with Crippen LogP contribution in [0.1, 0.15) is 66.1 Å². The number of para-hydroxylation sites is 2. The van der Waals surface area contributed by atoms with Gasteiger partial charge in [-0.15, -0.1) is 0 Å². The first-order chi connectivity index (χ1) is 20.1. The van der Waals surface area contributed by atoms with Gasteiger partial charge < -0.3 is 10.1 Å². The standard InChI is InChI=1S/C36H34N2O3/c1-2-3-22-41-29-20-18-25(19-21-29)28-23-31-34(33(39)24-28)35(26-12-6-4-7-13-26)38(32-17-11-10-16-30(32)37-31)36(40)27-14-8-5-9-15-27/h4-21,28,35,37H,2-3,22-24H2,1H3/t28-,35+/m1/s1. The quantitative estimate of drug-likeness (QED) is 0.240. The maximum Gasteiger partial charge on any atom is 0.259 e. The normalized spacial score (nSPS) is 18.2. The van der Waals surface area contributed by atoms with Crippen molar-refractivity contribution in [3.8, 4) is 5.75 Å². The molecular formula is C36H34N2O3. The lowest BCUT2D eigenvalue weighted by molar-refractivity contribution is -0.116. The molecule has 0 radical (unpaired) electrons. The van der Waals surface area contributed by atoms with Crippen molar-refractivity contribution in [3.05, 3.63) is 137 Å². The van der Waals surface area contributed by atoms with Gasteiger partial charge in [0.1, 0.15) is 5.75 Å². The Kier molecular flexibility index (Phi) is 7.68. The molecule has 206 valence electrons.